The summed E-state index contributed by atoms with van der Waals surface area (Å²) in [7, 11) is 0. The van der Waals surface area contributed by atoms with Gasteiger partial charge < -0.3 is 4.74 Å². The number of rotatable bonds is 11. The van der Waals surface area contributed by atoms with Gasteiger partial charge in [-0.15, -0.1) is 0 Å². The monoisotopic (exact) mass is 252 g/mol. The van der Waals surface area contributed by atoms with Crippen LogP contribution in [0.4, 0.5) is 0 Å². The maximum atomic E-state index is 11.0. The molecule has 18 heavy (non-hydrogen) atoms. The number of unbranched alkanes of at least 4 members (excludes halogenated alkanes) is 4. The third-order valence-corrected chi connectivity index (χ3v) is 2.88. The van der Waals surface area contributed by atoms with Gasteiger partial charge in [-0.1, -0.05) is 51.0 Å². The van der Waals surface area contributed by atoms with E-state index in [-0.39, 0.29) is 12.1 Å². The summed E-state index contributed by atoms with van der Waals surface area (Å²) in [4.78, 5) is 11.0. The minimum absolute atomic E-state index is 0.131. The Kier molecular flexibility index (Phi) is 11.7. The number of hydrogen-bond acceptors (Lipinski definition) is 2. The number of carbonyl (C=O) groups is 1. The topological polar surface area (TPSA) is 26.3 Å². The highest BCUT2D eigenvalue weighted by Gasteiger charge is 2.10. The number of ether oxygens (including phenoxy) is 1. The first kappa shape index (κ1) is 16.9. The molecule has 0 heterocycles. The molecule has 0 radical (unpaired) electrons. The Morgan fingerprint density at radius 1 is 1.22 bits per heavy atom. The Morgan fingerprint density at radius 3 is 2.56 bits per heavy atom. The van der Waals surface area contributed by atoms with Crippen LogP contribution < -0.4 is 0 Å². The van der Waals surface area contributed by atoms with Crippen LogP contribution in [0.15, 0.2) is 24.8 Å². The van der Waals surface area contributed by atoms with E-state index < -0.39 is 0 Å². The van der Waals surface area contributed by atoms with E-state index in [0.29, 0.717) is 0 Å². The zero-order valence-corrected chi connectivity index (χ0v) is 12.0. The van der Waals surface area contributed by atoms with Gasteiger partial charge in [0, 0.05) is 6.92 Å². The van der Waals surface area contributed by atoms with Crippen molar-refractivity contribution in [2.75, 3.05) is 0 Å². The highest BCUT2D eigenvalue weighted by atomic mass is 16.5. The largest absolute Gasteiger partial charge is 0.463 e. The van der Waals surface area contributed by atoms with E-state index in [1.165, 1.54) is 19.8 Å². The standard InChI is InChI=1S/C16H28O2/c1-4-6-8-9-10-11-12-14-16(13-7-5-2)18-15(3)17/h4,6,8,16H,1,5,7,9-14H2,2-3H3/b8-6-. The molecule has 0 aliphatic carbocycles. The van der Waals surface area contributed by atoms with Gasteiger partial charge in [-0.25, -0.2) is 0 Å². The maximum Gasteiger partial charge on any atom is 0.302 e. The molecule has 0 aliphatic rings. The van der Waals surface area contributed by atoms with E-state index in [9.17, 15) is 4.79 Å². The first-order valence-electron chi connectivity index (χ1n) is 7.15. The Morgan fingerprint density at radius 2 is 1.94 bits per heavy atom. The second-order valence-electron chi connectivity index (χ2n) is 4.68. The first-order valence-corrected chi connectivity index (χ1v) is 7.15. The first-order chi connectivity index (χ1) is 8.70. The van der Waals surface area contributed by atoms with E-state index in [1.54, 1.807) is 0 Å². The van der Waals surface area contributed by atoms with Crippen LogP contribution >= 0.6 is 0 Å². The van der Waals surface area contributed by atoms with Crippen LogP contribution in [0.2, 0.25) is 0 Å². The van der Waals surface area contributed by atoms with Gasteiger partial charge in [-0.05, 0) is 32.1 Å². The predicted octanol–water partition coefficient (Wildman–Crippen LogP) is 4.80. The lowest BCUT2D eigenvalue weighted by molar-refractivity contribution is -0.147. The van der Waals surface area contributed by atoms with Crippen molar-refractivity contribution in [2.24, 2.45) is 0 Å². The van der Waals surface area contributed by atoms with Crippen LogP contribution in [0.5, 0.6) is 0 Å². The molecule has 1 atom stereocenters. The Balaban J connectivity index is 3.64. The summed E-state index contributed by atoms with van der Waals surface area (Å²) in [5.41, 5.74) is 0. The van der Waals surface area contributed by atoms with E-state index >= 15 is 0 Å². The van der Waals surface area contributed by atoms with Gasteiger partial charge in [0.1, 0.15) is 6.10 Å². The SMILES string of the molecule is C=C/C=C\CCCCCC(CCCC)OC(C)=O. The number of carbonyl (C=O) groups excluding carboxylic acids is 1. The lowest BCUT2D eigenvalue weighted by Gasteiger charge is -2.16. The molecule has 0 bridgehead atoms. The summed E-state index contributed by atoms with van der Waals surface area (Å²) >= 11 is 0. The second-order valence-corrected chi connectivity index (χ2v) is 4.68. The maximum absolute atomic E-state index is 11.0. The molecule has 0 aromatic rings. The highest BCUT2D eigenvalue weighted by Crippen LogP contribution is 2.14. The van der Waals surface area contributed by atoms with Gasteiger partial charge in [0.15, 0.2) is 0 Å². The molecule has 0 rings (SSSR count). The smallest absolute Gasteiger partial charge is 0.302 e. The van der Waals surface area contributed by atoms with Crippen molar-refractivity contribution in [2.45, 2.75) is 71.3 Å². The van der Waals surface area contributed by atoms with Gasteiger partial charge in [0.05, 0.1) is 0 Å². The van der Waals surface area contributed by atoms with Crippen molar-refractivity contribution in [1.29, 1.82) is 0 Å². The number of esters is 1. The van der Waals surface area contributed by atoms with Crippen molar-refractivity contribution in [3.8, 4) is 0 Å². The molecule has 0 fully saturated rings. The van der Waals surface area contributed by atoms with Crippen molar-refractivity contribution >= 4 is 5.97 Å². The Bertz CT molecular complexity index is 243. The molecule has 0 aromatic heterocycles. The van der Waals surface area contributed by atoms with Crippen LogP contribution in [0, 0.1) is 0 Å². The summed E-state index contributed by atoms with van der Waals surface area (Å²) in [5.74, 6) is -0.148. The zero-order chi connectivity index (χ0) is 13.6. The van der Waals surface area contributed by atoms with E-state index in [0.717, 1.165) is 38.5 Å². The second kappa shape index (κ2) is 12.4. The van der Waals surface area contributed by atoms with Crippen molar-refractivity contribution in [1.82, 2.24) is 0 Å². The fourth-order valence-electron chi connectivity index (χ4n) is 1.93. The normalized spacial score (nSPS) is 12.6. The average molecular weight is 252 g/mol. The molecule has 0 spiro atoms. The minimum atomic E-state index is -0.148. The fraction of sp³-hybridized carbons (Fsp3) is 0.688. The molecule has 0 saturated carbocycles. The van der Waals surface area contributed by atoms with Crippen LogP contribution in [-0.4, -0.2) is 12.1 Å². The summed E-state index contributed by atoms with van der Waals surface area (Å²) in [6.45, 7) is 7.30. The Hall–Kier alpha value is -1.05. The third-order valence-electron chi connectivity index (χ3n) is 2.88. The van der Waals surface area contributed by atoms with Gasteiger partial charge in [0.2, 0.25) is 0 Å². The summed E-state index contributed by atoms with van der Waals surface area (Å²) in [6, 6.07) is 0. The lowest BCUT2D eigenvalue weighted by atomic mass is 10.0. The number of hydrogen-bond donors (Lipinski definition) is 0. The lowest BCUT2D eigenvalue weighted by Crippen LogP contribution is -2.16. The molecule has 0 amide bonds. The van der Waals surface area contributed by atoms with Crippen molar-refractivity contribution in [3.05, 3.63) is 24.8 Å². The van der Waals surface area contributed by atoms with Crippen molar-refractivity contribution in [3.63, 3.8) is 0 Å². The quantitative estimate of drug-likeness (QED) is 0.300. The predicted molar refractivity (Wildman–Crippen MR) is 77.5 cm³/mol. The van der Waals surface area contributed by atoms with E-state index in [1.807, 2.05) is 12.2 Å². The van der Waals surface area contributed by atoms with Gasteiger partial charge in [0.25, 0.3) is 0 Å². The van der Waals surface area contributed by atoms with E-state index in [2.05, 4.69) is 19.6 Å². The van der Waals surface area contributed by atoms with Crippen LogP contribution in [0.1, 0.15) is 65.2 Å². The number of allylic oxidation sites excluding steroid dienone is 3. The highest BCUT2D eigenvalue weighted by molar-refractivity contribution is 5.66. The van der Waals surface area contributed by atoms with Crippen LogP contribution in [0.3, 0.4) is 0 Å². The van der Waals surface area contributed by atoms with Crippen molar-refractivity contribution < 1.29 is 9.53 Å². The average Bonchev–Trinajstić information content (AvgIpc) is 2.34. The summed E-state index contributed by atoms with van der Waals surface area (Å²) in [5, 5.41) is 0. The van der Waals surface area contributed by atoms with E-state index in [4.69, 9.17) is 4.74 Å². The minimum Gasteiger partial charge on any atom is -0.463 e. The molecule has 0 saturated heterocycles. The Labute approximate surface area is 112 Å². The molecule has 1 unspecified atom stereocenters. The third kappa shape index (κ3) is 11.4. The van der Waals surface area contributed by atoms with Gasteiger partial charge >= 0.3 is 5.97 Å². The fourth-order valence-corrected chi connectivity index (χ4v) is 1.93. The summed E-state index contributed by atoms with van der Waals surface area (Å²) < 4.78 is 5.33. The van der Waals surface area contributed by atoms with Gasteiger partial charge in [-0.2, -0.15) is 0 Å². The molecule has 2 heteroatoms. The zero-order valence-electron chi connectivity index (χ0n) is 12.0. The molecule has 0 N–H and O–H groups in total. The molecular formula is C16H28O2. The molecule has 2 nitrogen and oxygen atoms in total. The van der Waals surface area contributed by atoms with Crippen LogP contribution in [0.25, 0.3) is 0 Å². The summed E-state index contributed by atoms with van der Waals surface area (Å²) in [6.07, 6.45) is 15.0. The molecule has 0 aromatic carbocycles. The molecule has 0 aliphatic heterocycles. The van der Waals surface area contributed by atoms with Gasteiger partial charge in [-0.3, -0.25) is 4.79 Å². The molecular weight excluding hydrogens is 224 g/mol. The molecule has 104 valence electrons. The van der Waals surface area contributed by atoms with Crippen LogP contribution in [-0.2, 0) is 9.53 Å².